The Morgan fingerprint density at radius 3 is 2.58 bits per heavy atom. The molecule has 0 saturated carbocycles. The van der Waals surface area contributed by atoms with E-state index in [1.165, 1.54) is 12.1 Å². The van der Waals surface area contributed by atoms with Gasteiger partial charge in [-0.15, -0.1) is 0 Å². The van der Waals surface area contributed by atoms with Crippen molar-refractivity contribution in [1.29, 1.82) is 0 Å². The largest absolute Gasteiger partial charge is 0.350 e. The lowest BCUT2D eigenvalue weighted by Gasteiger charge is -2.09. The highest BCUT2D eigenvalue weighted by Gasteiger charge is 2.17. The average molecular weight is 348 g/mol. The molecule has 0 bridgehead atoms. The van der Waals surface area contributed by atoms with Crippen molar-refractivity contribution >= 4 is 23.0 Å². The van der Waals surface area contributed by atoms with Crippen LogP contribution in [0.1, 0.15) is 15.9 Å². The second-order valence-corrected chi connectivity index (χ2v) is 5.52. The number of benzene rings is 2. The van der Waals surface area contributed by atoms with Crippen LogP contribution in [0.3, 0.4) is 0 Å². The Balaban J connectivity index is 1.77. The van der Waals surface area contributed by atoms with Gasteiger partial charge in [-0.1, -0.05) is 24.3 Å². The zero-order chi connectivity index (χ0) is 18.4. The number of nitrogens with zero attached hydrogens (tertiary/aromatic N) is 2. The summed E-state index contributed by atoms with van der Waals surface area (Å²) in [4.78, 5) is 27.1. The first-order valence-corrected chi connectivity index (χ1v) is 7.91. The van der Waals surface area contributed by atoms with E-state index in [1.54, 1.807) is 36.7 Å². The first-order valence-electron chi connectivity index (χ1n) is 7.91. The van der Waals surface area contributed by atoms with Gasteiger partial charge in [0.1, 0.15) is 5.69 Å². The Bertz CT molecular complexity index is 915. The number of nitro groups is 1. The zero-order valence-corrected chi connectivity index (χ0v) is 13.8. The summed E-state index contributed by atoms with van der Waals surface area (Å²) < 4.78 is 0. The van der Waals surface area contributed by atoms with Crippen molar-refractivity contribution in [2.24, 2.45) is 0 Å². The van der Waals surface area contributed by atoms with E-state index in [2.05, 4.69) is 15.6 Å². The minimum absolute atomic E-state index is 0.164. The molecule has 0 fully saturated rings. The lowest BCUT2D eigenvalue weighted by Crippen LogP contribution is -2.23. The van der Waals surface area contributed by atoms with Gasteiger partial charge in [-0.05, 0) is 35.9 Å². The van der Waals surface area contributed by atoms with Crippen LogP contribution in [0.5, 0.6) is 0 Å². The van der Waals surface area contributed by atoms with Gasteiger partial charge in [0.15, 0.2) is 0 Å². The summed E-state index contributed by atoms with van der Waals surface area (Å²) in [6.07, 6.45) is 3.29. The molecule has 0 saturated heterocycles. The summed E-state index contributed by atoms with van der Waals surface area (Å²) in [5.74, 6) is -0.386. The number of anilines is 2. The van der Waals surface area contributed by atoms with Gasteiger partial charge in [0, 0.05) is 36.3 Å². The molecule has 0 aliphatic carbocycles. The second-order valence-electron chi connectivity index (χ2n) is 5.52. The molecule has 7 nitrogen and oxygen atoms in total. The number of para-hydroxylation sites is 1. The SMILES string of the molecule is O=C(NCc1cccnc1)c1ccc(Nc2ccccc2)c([N+](=O)[O-])c1. The Hall–Kier alpha value is -3.74. The van der Waals surface area contributed by atoms with Crippen LogP contribution in [-0.4, -0.2) is 15.8 Å². The van der Waals surface area contributed by atoms with Crippen molar-refractivity contribution < 1.29 is 9.72 Å². The molecule has 7 heteroatoms. The molecular weight excluding hydrogens is 332 g/mol. The van der Waals surface area contributed by atoms with Gasteiger partial charge in [-0.25, -0.2) is 0 Å². The van der Waals surface area contributed by atoms with Gasteiger partial charge in [-0.2, -0.15) is 0 Å². The lowest BCUT2D eigenvalue weighted by atomic mass is 10.1. The maximum atomic E-state index is 12.3. The third-order valence-electron chi connectivity index (χ3n) is 3.69. The summed E-state index contributed by atoms with van der Waals surface area (Å²) in [5.41, 5.74) is 1.95. The van der Waals surface area contributed by atoms with Crippen molar-refractivity contribution in [3.63, 3.8) is 0 Å². The molecule has 2 aromatic carbocycles. The summed E-state index contributed by atoms with van der Waals surface area (Å²) in [6, 6.07) is 17.1. The Labute approximate surface area is 149 Å². The molecule has 0 radical (unpaired) electrons. The molecule has 1 heterocycles. The zero-order valence-electron chi connectivity index (χ0n) is 13.8. The van der Waals surface area contributed by atoms with E-state index in [4.69, 9.17) is 0 Å². The lowest BCUT2D eigenvalue weighted by molar-refractivity contribution is -0.383. The third kappa shape index (κ3) is 4.21. The number of nitrogens with one attached hydrogen (secondary N) is 2. The standard InChI is InChI=1S/C19H16N4O3/c24-19(21-13-14-5-4-10-20-12-14)15-8-9-17(18(11-15)23(25)26)22-16-6-2-1-3-7-16/h1-12,22H,13H2,(H,21,24). The topological polar surface area (TPSA) is 97.2 Å². The fourth-order valence-corrected chi connectivity index (χ4v) is 2.39. The van der Waals surface area contributed by atoms with Crippen LogP contribution >= 0.6 is 0 Å². The van der Waals surface area contributed by atoms with E-state index in [-0.39, 0.29) is 17.2 Å². The van der Waals surface area contributed by atoms with Crippen molar-refractivity contribution in [3.8, 4) is 0 Å². The van der Waals surface area contributed by atoms with Gasteiger partial charge < -0.3 is 10.6 Å². The smallest absolute Gasteiger partial charge is 0.293 e. The number of carbonyl (C=O) groups is 1. The number of carbonyl (C=O) groups excluding carboxylic acids is 1. The molecule has 0 aliphatic rings. The highest BCUT2D eigenvalue weighted by atomic mass is 16.6. The first-order chi connectivity index (χ1) is 12.6. The molecule has 0 unspecified atom stereocenters. The van der Waals surface area contributed by atoms with Crippen molar-refractivity contribution in [3.05, 3.63) is 94.3 Å². The molecule has 0 spiro atoms. The minimum atomic E-state index is -0.511. The number of pyridine rings is 1. The number of amides is 1. The molecule has 1 aromatic heterocycles. The van der Waals surface area contributed by atoms with Crippen LogP contribution < -0.4 is 10.6 Å². The van der Waals surface area contributed by atoms with Crippen LogP contribution in [0.25, 0.3) is 0 Å². The number of rotatable bonds is 6. The molecule has 130 valence electrons. The van der Waals surface area contributed by atoms with Gasteiger partial charge >= 0.3 is 0 Å². The molecule has 0 atom stereocenters. The van der Waals surface area contributed by atoms with Gasteiger partial charge in [0.05, 0.1) is 4.92 Å². The van der Waals surface area contributed by atoms with E-state index in [0.29, 0.717) is 12.2 Å². The van der Waals surface area contributed by atoms with Crippen molar-refractivity contribution in [2.75, 3.05) is 5.32 Å². The molecule has 0 aliphatic heterocycles. The van der Waals surface area contributed by atoms with Crippen LogP contribution in [0, 0.1) is 10.1 Å². The first kappa shape index (κ1) is 17.1. The molecule has 26 heavy (non-hydrogen) atoms. The number of hydrogen-bond acceptors (Lipinski definition) is 5. The summed E-state index contributed by atoms with van der Waals surface area (Å²) in [7, 11) is 0. The predicted molar refractivity (Wildman–Crippen MR) is 98.2 cm³/mol. The Morgan fingerprint density at radius 2 is 1.88 bits per heavy atom. The van der Waals surface area contributed by atoms with E-state index in [0.717, 1.165) is 11.3 Å². The maximum Gasteiger partial charge on any atom is 0.293 e. The molecule has 1 amide bonds. The maximum absolute atomic E-state index is 12.3. The van der Waals surface area contributed by atoms with E-state index < -0.39 is 4.92 Å². The monoisotopic (exact) mass is 348 g/mol. The van der Waals surface area contributed by atoms with Crippen LogP contribution in [0.2, 0.25) is 0 Å². The highest BCUT2D eigenvalue weighted by molar-refractivity contribution is 5.95. The molecule has 3 rings (SSSR count). The van der Waals surface area contributed by atoms with Gasteiger partial charge in [0.25, 0.3) is 11.6 Å². The molecular formula is C19H16N4O3. The minimum Gasteiger partial charge on any atom is -0.350 e. The third-order valence-corrected chi connectivity index (χ3v) is 3.69. The normalized spacial score (nSPS) is 10.2. The fourth-order valence-electron chi connectivity index (χ4n) is 2.39. The van der Waals surface area contributed by atoms with Crippen LogP contribution in [0.4, 0.5) is 17.1 Å². The Morgan fingerprint density at radius 1 is 1.08 bits per heavy atom. The number of hydrogen-bond donors (Lipinski definition) is 2. The van der Waals surface area contributed by atoms with Gasteiger partial charge in [-0.3, -0.25) is 19.9 Å². The summed E-state index contributed by atoms with van der Waals surface area (Å²) in [6.45, 7) is 0.296. The average Bonchev–Trinajstić information content (AvgIpc) is 2.68. The van der Waals surface area contributed by atoms with E-state index in [9.17, 15) is 14.9 Å². The van der Waals surface area contributed by atoms with E-state index >= 15 is 0 Å². The van der Waals surface area contributed by atoms with Crippen molar-refractivity contribution in [2.45, 2.75) is 6.54 Å². The van der Waals surface area contributed by atoms with E-state index in [1.807, 2.05) is 24.3 Å². The Kier molecular flexibility index (Phi) is 5.19. The molecule has 3 aromatic rings. The van der Waals surface area contributed by atoms with Crippen molar-refractivity contribution in [1.82, 2.24) is 10.3 Å². The van der Waals surface area contributed by atoms with Gasteiger partial charge in [0.2, 0.25) is 0 Å². The summed E-state index contributed by atoms with van der Waals surface area (Å²) >= 11 is 0. The molecule has 2 N–H and O–H groups in total. The fraction of sp³-hybridized carbons (Fsp3) is 0.0526. The predicted octanol–water partition coefficient (Wildman–Crippen LogP) is 3.66. The number of nitro benzene ring substituents is 1. The highest BCUT2D eigenvalue weighted by Crippen LogP contribution is 2.28. The second kappa shape index (κ2) is 7.89. The number of aromatic nitrogens is 1. The van der Waals surface area contributed by atoms with Crippen LogP contribution in [0.15, 0.2) is 73.1 Å². The summed E-state index contributed by atoms with van der Waals surface area (Å²) in [5, 5.41) is 17.1. The van der Waals surface area contributed by atoms with Crippen LogP contribution in [-0.2, 0) is 6.54 Å². The quantitative estimate of drug-likeness (QED) is 0.523.